The Morgan fingerprint density at radius 2 is 1.84 bits per heavy atom. The van der Waals surface area contributed by atoms with Crippen molar-refractivity contribution in [3.8, 4) is 0 Å². The van der Waals surface area contributed by atoms with Crippen LogP contribution in [0.2, 0.25) is 0 Å². The van der Waals surface area contributed by atoms with Gasteiger partial charge in [-0.2, -0.15) is 0 Å². The molecule has 0 fully saturated rings. The van der Waals surface area contributed by atoms with E-state index in [-0.39, 0.29) is 23.2 Å². The number of benzene rings is 2. The number of Topliss-reactive ketones (excluding diaryl/α,β-unsaturated/α-hetero) is 1. The zero-order valence-corrected chi connectivity index (χ0v) is 11.1. The molecule has 4 heteroatoms. The molecule has 2 aromatic carbocycles. The zero-order chi connectivity index (χ0) is 13.8. The molecule has 0 aliphatic heterocycles. The summed E-state index contributed by atoms with van der Waals surface area (Å²) in [5.41, 5.74) is 0.879. The molecule has 0 atom stereocenters. The number of carbonyl (C=O) groups is 1. The average molecular weight is 278 g/mol. The van der Waals surface area contributed by atoms with E-state index >= 15 is 0 Å². The summed E-state index contributed by atoms with van der Waals surface area (Å²) in [5.74, 6) is -0.684. The molecule has 0 bridgehead atoms. The van der Waals surface area contributed by atoms with Crippen molar-refractivity contribution in [2.24, 2.45) is 0 Å². The molecule has 0 spiro atoms. The van der Waals surface area contributed by atoms with Crippen molar-refractivity contribution in [3.63, 3.8) is 0 Å². The number of aryl methyl sites for hydroxylation is 1. The third kappa shape index (κ3) is 3.41. The largest absolute Gasteiger partial charge is 0.293 e. The molecule has 1 nitrogen and oxygen atoms in total. The molecular formula is C15H12F2OS. The summed E-state index contributed by atoms with van der Waals surface area (Å²) in [6.07, 6.45) is 0. The van der Waals surface area contributed by atoms with Gasteiger partial charge < -0.3 is 0 Å². The summed E-state index contributed by atoms with van der Waals surface area (Å²) in [6, 6.07) is 10.5. The van der Waals surface area contributed by atoms with E-state index in [2.05, 4.69) is 0 Å². The highest BCUT2D eigenvalue weighted by molar-refractivity contribution is 8.00. The topological polar surface area (TPSA) is 17.1 Å². The molecule has 0 radical (unpaired) electrons. The van der Waals surface area contributed by atoms with Crippen LogP contribution in [0.4, 0.5) is 8.78 Å². The van der Waals surface area contributed by atoms with Crippen molar-refractivity contribution in [1.29, 1.82) is 0 Å². The molecule has 0 saturated heterocycles. The zero-order valence-electron chi connectivity index (χ0n) is 10.3. The summed E-state index contributed by atoms with van der Waals surface area (Å²) in [5, 5.41) is 0. The van der Waals surface area contributed by atoms with Crippen LogP contribution in [0, 0.1) is 18.6 Å². The van der Waals surface area contributed by atoms with E-state index in [4.69, 9.17) is 0 Å². The first-order chi connectivity index (χ1) is 9.08. The summed E-state index contributed by atoms with van der Waals surface area (Å²) in [7, 11) is 0. The third-order valence-electron chi connectivity index (χ3n) is 2.68. The average Bonchev–Trinajstić information content (AvgIpc) is 2.40. The summed E-state index contributed by atoms with van der Waals surface area (Å²) in [6.45, 7) is 1.61. The van der Waals surface area contributed by atoms with Gasteiger partial charge >= 0.3 is 0 Å². The Hall–Kier alpha value is -1.68. The monoisotopic (exact) mass is 278 g/mol. The first kappa shape index (κ1) is 13.7. The second-order valence-corrected chi connectivity index (χ2v) is 5.12. The Kier molecular flexibility index (Phi) is 4.32. The van der Waals surface area contributed by atoms with Crippen molar-refractivity contribution >= 4 is 17.5 Å². The van der Waals surface area contributed by atoms with Crippen LogP contribution in [0.3, 0.4) is 0 Å². The second kappa shape index (κ2) is 5.97. The standard InChI is InChI=1S/C15H12F2OS/c1-10-8-11(6-7-12(10)16)14(18)9-19-15-5-3-2-4-13(15)17/h2-8H,9H2,1H3. The fourth-order valence-corrected chi connectivity index (χ4v) is 2.44. The highest BCUT2D eigenvalue weighted by atomic mass is 32.2. The third-order valence-corrected chi connectivity index (χ3v) is 3.72. The van der Waals surface area contributed by atoms with Crippen LogP contribution in [0.1, 0.15) is 15.9 Å². The fourth-order valence-electron chi connectivity index (χ4n) is 1.61. The van der Waals surface area contributed by atoms with Gasteiger partial charge in [-0.1, -0.05) is 12.1 Å². The van der Waals surface area contributed by atoms with Crippen molar-refractivity contribution in [2.45, 2.75) is 11.8 Å². The van der Waals surface area contributed by atoms with E-state index < -0.39 is 0 Å². The Labute approximate surface area is 114 Å². The number of ketones is 1. The van der Waals surface area contributed by atoms with Gasteiger partial charge in [0.05, 0.1) is 5.75 Å². The van der Waals surface area contributed by atoms with Crippen LogP contribution < -0.4 is 0 Å². The van der Waals surface area contributed by atoms with Gasteiger partial charge in [-0.3, -0.25) is 4.79 Å². The number of halogens is 2. The predicted molar refractivity (Wildman–Crippen MR) is 72.6 cm³/mol. The van der Waals surface area contributed by atoms with Gasteiger partial charge in [-0.15, -0.1) is 11.8 Å². The van der Waals surface area contributed by atoms with Crippen LogP contribution in [0.15, 0.2) is 47.4 Å². The summed E-state index contributed by atoms with van der Waals surface area (Å²) < 4.78 is 26.5. The Bertz CT molecular complexity index is 611. The molecule has 0 aromatic heterocycles. The van der Waals surface area contributed by atoms with Crippen LogP contribution in [0.5, 0.6) is 0 Å². The lowest BCUT2D eigenvalue weighted by Crippen LogP contribution is -2.03. The van der Waals surface area contributed by atoms with E-state index in [1.807, 2.05) is 0 Å². The number of hydrogen-bond acceptors (Lipinski definition) is 2. The van der Waals surface area contributed by atoms with Crippen LogP contribution in [-0.4, -0.2) is 11.5 Å². The lowest BCUT2D eigenvalue weighted by Gasteiger charge is -2.04. The smallest absolute Gasteiger partial charge is 0.173 e. The highest BCUT2D eigenvalue weighted by Gasteiger charge is 2.10. The minimum atomic E-state index is -0.337. The number of thioether (sulfide) groups is 1. The van der Waals surface area contributed by atoms with Gasteiger partial charge in [-0.05, 0) is 42.8 Å². The Morgan fingerprint density at radius 1 is 1.11 bits per heavy atom. The lowest BCUT2D eigenvalue weighted by atomic mass is 10.1. The maximum absolute atomic E-state index is 13.4. The maximum atomic E-state index is 13.4. The van der Waals surface area contributed by atoms with Gasteiger partial charge in [-0.25, -0.2) is 8.78 Å². The minimum Gasteiger partial charge on any atom is -0.293 e. The highest BCUT2D eigenvalue weighted by Crippen LogP contribution is 2.22. The first-order valence-corrected chi connectivity index (χ1v) is 6.73. The number of rotatable bonds is 4. The lowest BCUT2D eigenvalue weighted by molar-refractivity contribution is 0.102. The van der Waals surface area contributed by atoms with E-state index in [0.717, 1.165) is 11.8 Å². The van der Waals surface area contributed by atoms with Gasteiger partial charge in [0.25, 0.3) is 0 Å². The minimum absolute atomic E-state index is 0.131. The van der Waals surface area contributed by atoms with Gasteiger partial charge in [0.2, 0.25) is 0 Å². The van der Waals surface area contributed by atoms with Gasteiger partial charge in [0, 0.05) is 10.5 Å². The predicted octanol–water partition coefficient (Wildman–Crippen LogP) is 4.25. The molecule has 0 saturated carbocycles. The van der Waals surface area contributed by atoms with Gasteiger partial charge in [0.15, 0.2) is 5.78 Å². The fraction of sp³-hybridized carbons (Fsp3) is 0.133. The Balaban J connectivity index is 2.05. The summed E-state index contributed by atoms with van der Waals surface area (Å²) in [4.78, 5) is 12.4. The quantitative estimate of drug-likeness (QED) is 0.614. The molecular weight excluding hydrogens is 266 g/mol. The van der Waals surface area contributed by atoms with Crippen molar-refractivity contribution in [2.75, 3.05) is 5.75 Å². The van der Waals surface area contributed by atoms with E-state index in [0.29, 0.717) is 16.0 Å². The van der Waals surface area contributed by atoms with Crippen LogP contribution in [0.25, 0.3) is 0 Å². The van der Waals surface area contributed by atoms with Crippen LogP contribution >= 0.6 is 11.8 Å². The van der Waals surface area contributed by atoms with Gasteiger partial charge in [0.1, 0.15) is 11.6 Å². The second-order valence-electron chi connectivity index (χ2n) is 4.11. The van der Waals surface area contributed by atoms with E-state index in [1.54, 1.807) is 25.1 Å². The van der Waals surface area contributed by atoms with E-state index in [9.17, 15) is 13.6 Å². The van der Waals surface area contributed by atoms with Crippen molar-refractivity contribution in [1.82, 2.24) is 0 Å². The maximum Gasteiger partial charge on any atom is 0.173 e. The molecule has 98 valence electrons. The molecule has 0 amide bonds. The molecule has 0 aliphatic carbocycles. The normalized spacial score (nSPS) is 10.5. The number of hydrogen-bond donors (Lipinski definition) is 0. The Morgan fingerprint density at radius 3 is 2.53 bits per heavy atom. The molecule has 0 N–H and O–H groups in total. The number of carbonyl (C=O) groups excluding carboxylic acids is 1. The molecule has 0 unspecified atom stereocenters. The first-order valence-electron chi connectivity index (χ1n) is 5.74. The SMILES string of the molecule is Cc1cc(C(=O)CSc2ccccc2F)ccc1F. The van der Waals surface area contributed by atoms with Crippen molar-refractivity contribution < 1.29 is 13.6 Å². The molecule has 0 heterocycles. The molecule has 2 rings (SSSR count). The van der Waals surface area contributed by atoms with E-state index in [1.165, 1.54) is 24.3 Å². The molecule has 19 heavy (non-hydrogen) atoms. The molecule has 0 aliphatic rings. The summed E-state index contributed by atoms with van der Waals surface area (Å²) >= 11 is 1.14. The van der Waals surface area contributed by atoms with Crippen LogP contribution in [-0.2, 0) is 0 Å². The van der Waals surface area contributed by atoms with Crippen molar-refractivity contribution in [3.05, 3.63) is 65.2 Å². The molecule has 2 aromatic rings.